The Kier molecular flexibility index (Phi) is 13.4. The Labute approximate surface area is 310 Å². The smallest absolute Gasteiger partial charge is 0.338 e. The summed E-state index contributed by atoms with van der Waals surface area (Å²) in [6, 6.07) is 29.6. The molecule has 52 heavy (non-hydrogen) atoms. The highest BCUT2D eigenvalue weighted by Gasteiger charge is 2.36. The molecule has 4 aromatic carbocycles. The molecule has 0 heterocycles. The molecule has 1 atom stereocenters. The highest BCUT2D eigenvalue weighted by molar-refractivity contribution is 5.97. The van der Waals surface area contributed by atoms with Gasteiger partial charge in [0.1, 0.15) is 5.75 Å². The van der Waals surface area contributed by atoms with Gasteiger partial charge in [-0.15, -0.1) is 0 Å². The minimum atomic E-state index is -0.923. The van der Waals surface area contributed by atoms with Gasteiger partial charge in [0.15, 0.2) is 0 Å². The van der Waals surface area contributed by atoms with Crippen LogP contribution in [0.4, 0.5) is 0 Å². The van der Waals surface area contributed by atoms with E-state index in [0.29, 0.717) is 37.6 Å². The Morgan fingerprint density at radius 2 is 1.27 bits per heavy atom. The van der Waals surface area contributed by atoms with Crippen LogP contribution in [0, 0.1) is 11.8 Å². The minimum Gasteiger partial charge on any atom is -0.494 e. The van der Waals surface area contributed by atoms with E-state index < -0.39 is 16.8 Å². The first-order valence-electron chi connectivity index (χ1n) is 18.4. The van der Waals surface area contributed by atoms with Crippen molar-refractivity contribution in [3.8, 4) is 28.0 Å². The molecule has 7 nitrogen and oxygen atoms in total. The van der Waals surface area contributed by atoms with Crippen molar-refractivity contribution in [2.24, 2.45) is 11.8 Å². The molecule has 0 fully saturated rings. The summed E-state index contributed by atoms with van der Waals surface area (Å²) >= 11 is 0. The lowest BCUT2D eigenvalue weighted by Crippen LogP contribution is -2.45. The van der Waals surface area contributed by atoms with Gasteiger partial charge in [-0.3, -0.25) is 9.59 Å². The number of carbonyl (C=O) groups excluding carboxylic acids is 3. The molecule has 1 unspecified atom stereocenters. The van der Waals surface area contributed by atoms with Crippen LogP contribution in [0.25, 0.3) is 22.3 Å². The summed E-state index contributed by atoms with van der Waals surface area (Å²) < 4.78 is 11.2. The molecule has 7 heteroatoms. The molecule has 0 radical (unpaired) electrons. The van der Waals surface area contributed by atoms with Crippen molar-refractivity contribution in [3.63, 3.8) is 0 Å². The number of benzene rings is 4. The van der Waals surface area contributed by atoms with Gasteiger partial charge in [-0.1, -0.05) is 107 Å². The Morgan fingerprint density at radius 3 is 1.87 bits per heavy atom. The lowest BCUT2D eigenvalue weighted by molar-refractivity contribution is -0.126. The summed E-state index contributed by atoms with van der Waals surface area (Å²) in [5, 5.41) is 6.27. The normalized spacial score (nSPS) is 12.7. The predicted molar refractivity (Wildman–Crippen MR) is 211 cm³/mol. The van der Waals surface area contributed by atoms with E-state index in [4.69, 9.17) is 9.47 Å². The zero-order valence-corrected chi connectivity index (χ0v) is 32.4. The first-order chi connectivity index (χ1) is 24.7. The zero-order chi connectivity index (χ0) is 38.1. The number of hydrogen-bond acceptors (Lipinski definition) is 5. The van der Waals surface area contributed by atoms with Gasteiger partial charge < -0.3 is 20.1 Å². The van der Waals surface area contributed by atoms with Crippen molar-refractivity contribution >= 4 is 17.8 Å². The van der Waals surface area contributed by atoms with E-state index in [2.05, 4.69) is 63.5 Å². The van der Waals surface area contributed by atoms with E-state index >= 15 is 0 Å². The lowest BCUT2D eigenvalue weighted by atomic mass is 9.75. The first-order valence-corrected chi connectivity index (χ1v) is 18.4. The molecule has 0 aliphatic carbocycles. The average molecular weight is 705 g/mol. The third-order valence-electron chi connectivity index (χ3n) is 9.51. The van der Waals surface area contributed by atoms with Gasteiger partial charge in [-0.2, -0.15) is 0 Å². The van der Waals surface area contributed by atoms with Gasteiger partial charge in [-0.25, -0.2) is 4.79 Å². The monoisotopic (exact) mass is 704 g/mol. The number of hydrogen-bond donors (Lipinski definition) is 2. The number of amides is 2. The van der Waals surface area contributed by atoms with E-state index in [-0.39, 0.29) is 17.7 Å². The molecule has 0 saturated carbocycles. The second-order valence-electron chi connectivity index (χ2n) is 15.2. The number of esters is 1. The molecule has 0 spiro atoms. The van der Waals surface area contributed by atoms with Gasteiger partial charge in [0.2, 0.25) is 11.8 Å². The van der Waals surface area contributed by atoms with Gasteiger partial charge in [0.25, 0.3) is 0 Å². The number of methoxy groups -OCH3 is 1. The topological polar surface area (TPSA) is 93.7 Å². The lowest BCUT2D eigenvalue weighted by Gasteiger charge is -2.30. The van der Waals surface area contributed by atoms with Crippen molar-refractivity contribution in [2.45, 2.75) is 79.1 Å². The predicted octanol–water partition coefficient (Wildman–Crippen LogP) is 8.92. The fourth-order valence-corrected chi connectivity index (χ4v) is 6.21. The van der Waals surface area contributed by atoms with Crippen LogP contribution in [0.15, 0.2) is 91.0 Å². The summed E-state index contributed by atoms with van der Waals surface area (Å²) in [5.74, 6) is 0.943. The Morgan fingerprint density at radius 1 is 0.692 bits per heavy atom. The van der Waals surface area contributed by atoms with Crippen LogP contribution < -0.4 is 15.4 Å². The third-order valence-corrected chi connectivity index (χ3v) is 9.51. The van der Waals surface area contributed by atoms with E-state index in [1.165, 1.54) is 7.11 Å². The first kappa shape index (κ1) is 39.9. The van der Waals surface area contributed by atoms with Crippen molar-refractivity contribution in [3.05, 3.63) is 113 Å². The van der Waals surface area contributed by atoms with E-state index in [1.807, 2.05) is 87.5 Å². The number of ether oxygens (including phenoxy) is 2. The van der Waals surface area contributed by atoms with Gasteiger partial charge in [-0.05, 0) is 103 Å². The van der Waals surface area contributed by atoms with Crippen molar-refractivity contribution in [2.75, 3.05) is 26.8 Å². The molecule has 2 amide bonds. The second kappa shape index (κ2) is 17.5. The average Bonchev–Trinajstić information content (AvgIpc) is 3.14. The maximum atomic E-state index is 14.2. The second-order valence-corrected chi connectivity index (χ2v) is 15.2. The maximum Gasteiger partial charge on any atom is 0.338 e. The highest BCUT2D eigenvalue weighted by atomic mass is 16.5. The van der Waals surface area contributed by atoms with Gasteiger partial charge in [0, 0.05) is 13.1 Å². The zero-order valence-electron chi connectivity index (χ0n) is 32.4. The molecule has 276 valence electrons. The fourth-order valence-electron chi connectivity index (χ4n) is 6.21. The summed E-state index contributed by atoms with van der Waals surface area (Å²) in [4.78, 5) is 39.7. The summed E-state index contributed by atoms with van der Waals surface area (Å²) in [7, 11) is 1.38. The minimum absolute atomic E-state index is 0.00179. The van der Waals surface area contributed by atoms with E-state index in [0.717, 1.165) is 51.1 Å². The van der Waals surface area contributed by atoms with Crippen LogP contribution >= 0.6 is 0 Å². The summed E-state index contributed by atoms with van der Waals surface area (Å²) in [5.41, 5.74) is 5.21. The van der Waals surface area contributed by atoms with E-state index in [1.54, 1.807) is 6.07 Å². The van der Waals surface area contributed by atoms with Crippen LogP contribution in [0.5, 0.6) is 5.75 Å². The van der Waals surface area contributed by atoms with Crippen LogP contribution in [0.1, 0.15) is 88.9 Å². The molecule has 0 aliphatic rings. The van der Waals surface area contributed by atoms with Crippen molar-refractivity contribution in [1.82, 2.24) is 10.6 Å². The Balaban J connectivity index is 1.73. The van der Waals surface area contributed by atoms with Crippen LogP contribution in [-0.2, 0) is 31.6 Å². The largest absolute Gasteiger partial charge is 0.494 e. The molecular weight excluding hydrogens is 649 g/mol. The quantitative estimate of drug-likeness (QED) is 0.114. The van der Waals surface area contributed by atoms with Crippen LogP contribution in [0.3, 0.4) is 0 Å². The Bertz CT molecular complexity index is 1830. The molecule has 4 aromatic rings. The molecule has 4 rings (SSSR count). The molecule has 0 saturated heterocycles. The molecule has 2 N–H and O–H groups in total. The summed E-state index contributed by atoms with van der Waals surface area (Å²) in [6.07, 6.45) is 1.29. The van der Waals surface area contributed by atoms with Crippen LogP contribution in [-0.4, -0.2) is 44.6 Å². The summed E-state index contributed by atoms with van der Waals surface area (Å²) in [6.45, 7) is 18.1. The van der Waals surface area contributed by atoms with Crippen LogP contribution in [0.2, 0.25) is 0 Å². The third kappa shape index (κ3) is 9.69. The Hall–Kier alpha value is -4.91. The molecule has 0 aliphatic heterocycles. The molecule has 0 aromatic heterocycles. The fraction of sp³-hybridized carbons (Fsp3) is 0.400. The standard InChI is InChI=1S/C45H56N2O5/c1-10-23-52-38-25-32(24-35(26-38)33-15-19-36(20-16-33)44(6,7)42(49)46-28-30(2)3)27-45(8,43(50)47-29-31(4)5)37-21-17-34(18-22-37)39-13-11-12-14-40(39)41(48)51-9/h11-22,24-26,30-31H,10,23,27-29H2,1-9H3,(H,46,49)(H,47,50). The number of rotatable bonds is 16. The van der Waals surface area contributed by atoms with Gasteiger partial charge >= 0.3 is 5.97 Å². The molecular formula is C45H56N2O5. The van der Waals surface area contributed by atoms with Gasteiger partial charge in [0.05, 0.1) is 30.1 Å². The van der Waals surface area contributed by atoms with E-state index in [9.17, 15) is 14.4 Å². The number of nitrogens with one attached hydrogen (secondary N) is 2. The number of carbonyl (C=O) groups is 3. The van der Waals surface area contributed by atoms with Crippen molar-refractivity contribution < 1.29 is 23.9 Å². The maximum absolute atomic E-state index is 14.2. The molecule has 0 bridgehead atoms. The van der Waals surface area contributed by atoms with Crippen molar-refractivity contribution in [1.29, 1.82) is 0 Å². The highest BCUT2D eigenvalue weighted by Crippen LogP contribution is 2.36. The SMILES string of the molecule is CCCOc1cc(CC(C)(C(=O)NCC(C)C)c2ccc(-c3ccccc3C(=O)OC)cc2)cc(-c2ccc(C(C)(C)C(=O)NCC(C)C)cc2)c1.